The quantitative estimate of drug-likeness (QED) is 0.933. The molecule has 0 unspecified atom stereocenters. The lowest BCUT2D eigenvalue weighted by Gasteiger charge is -2.03. The Kier molecular flexibility index (Phi) is 3.69. The molecule has 0 amide bonds. The molecule has 0 saturated heterocycles. The summed E-state index contributed by atoms with van der Waals surface area (Å²) >= 11 is 0. The summed E-state index contributed by atoms with van der Waals surface area (Å²) in [5.41, 5.74) is -0.852. The standard InChI is InChI=1S/C13H11F2NO4/c1-3-19-13-10(12(17)18)16-11(20-13)8-7(14)5-4-6(2)9(8)15/h4-5H,3H2,1-2H3,(H,17,18). The molecule has 1 heterocycles. The Morgan fingerprint density at radius 1 is 1.45 bits per heavy atom. The third-order valence-corrected chi connectivity index (χ3v) is 2.57. The van der Waals surface area contributed by atoms with Crippen molar-refractivity contribution >= 4 is 5.97 Å². The molecule has 0 aliphatic heterocycles. The van der Waals surface area contributed by atoms with Gasteiger partial charge in [-0.2, -0.15) is 4.98 Å². The SMILES string of the molecule is CCOc1oc(-c2c(F)ccc(C)c2F)nc1C(=O)O. The number of aryl methyl sites for hydroxylation is 1. The van der Waals surface area contributed by atoms with Crippen molar-refractivity contribution < 1.29 is 27.8 Å². The van der Waals surface area contributed by atoms with Crippen molar-refractivity contribution in [3.8, 4) is 17.4 Å². The summed E-state index contributed by atoms with van der Waals surface area (Å²) in [7, 11) is 0. The van der Waals surface area contributed by atoms with Crippen LogP contribution in [0.1, 0.15) is 23.0 Å². The Balaban J connectivity index is 2.62. The van der Waals surface area contributed by atoms with Gasteiger partial charge in [0.2, 0.25) is 11.6 Å². The number of rotatable bonds is 4. The van der Waals surface area contributed by atoms with Gasteiger partial charge in [-0.15, -0.1) is 0 Å². The Labute approximate surface area is 112 Å². The number of nitrogens with zero attached hydrogens (tertiary/aromatic N) is 1. The summed E-state index contributed by atoms with van der Waals surface area (Å²) in [6.07, 6.45) is 0. The molecule has 0 saturated carbocycles. The maximum Gasteiger partial charge on any atom is 0.362 e. The molecular weight excluding hydrogens is 272 g/mol. The molecule has 0 radical (unpaired) electrons. The third kappa shape index (κ3) is 2.34. The van der Waals surface area contributed by atoms with E-state index in [1.807, 2.05) is 0 Å². The molecule has 0 fully saturated rings. The van der Waals surface area contributed by atoms with Crippen LogP contribution in [0.25, 0.3) is 11.5 Å². The number of ether oxygens (including phenoxy) is 1. The number of hydrogen-bond donors (Lipinski definition) is 1. The predicted molar refractivity (Wildman–Crippen MR) is 64.7 cm³/mol. The maximum atomic E-state index is 13.9. The molecule has 7 heteroatoms. The van der Waals surface area contributed by atoms with Crippen LogP contribution in [0.3, 0.4) is 0 Å². The Morgan fingerprint density at radius 3 is 2.75 bits per heavy atom. The molecule has 2 aromatic rings. The molecule has 0 spiro atoms. The zero-order valence-electron chi connectivity index (χ0n) is 10.7. The fourth-order valence-electron chi connectivity index (χ4n) is 1.63. The van der Waals surface area contributed by atoms with Gasteiger partial charge in [0.05, 0.1) is 6.61 Å². The molecule has 5 nitrogen and oxygen atoms in total. The van der Waals surface area contributed by atoms with Crippen molar-refractivity contribution in [2.24, 2.45) is 0 Å². The summed E-state index contributed by atoms with van der Waals surface area (Å²) in [5.74, 6) is -4.00. The van der Waals surface area contributed by atoms with Gasteiger partial charge in [0.1, 0.15) is 17.2 Å². The molecule has 106 valence electrons. The van der Waals surface area contributed by atoms with Gasteiger partial charge in [-0.1, -0.05) is 6.07 Å². The van der Waals surface area contributed by atoms with Gasteiger partial charge in [-0.05, 0) is 25.5 Å². The summed E-state index contributed by atoms with van der Waals surface area (Å²) in [6.45, 7) is 3.19. The Bertz CT molecular complexity index is 667. The first kappa shape index (κ1) is 14.0. The number of oxazole rings is 1. The van der Waals surface area contributed by atoms with Gasteiger partial charge in [-0.3, -0.25) is 0 Å². The van der Waals surface area contributed by atoms with E-state index in [1.165, 1.54) is 13.0 Å². The second-order valence-corrected chi connectivity index (χ2v) is 3.95. The molecule has 2 rings (SSSR count). The highest BCUT2D eigenvalue weighted by atomic mass is 19.1. The van der Waals surface area contributed by atoms with Crippen LogP contribution in [-0.4, -0.2) is 22.7 Å². The van der Waals surface area contributed by atoms with Crippen LogP contribution in [0.15, 0.2) is 16.5 Å². The predicted octanol–water partition coefficient (Wildman–Crippen LogP) is 3.03. The number of carboxylic acid groups (broad SMARTS) is 1. The minimum Gasteiger partial charge on any atom is -0.476 e. The fraction of sp³-hybridized carbons (Fsp3) is 0.231. The summed E-state index contributed by atoms with van der Waals surface area (Å²) in [6, 6.07) is 2.32. The van der Waals surface area contributed by atoms with E-state index in [0.29, 0.717) is 0 Å². The smallest absolute Gasteiger partial charge is 0.362 e. The zero-order valence-corrected chi connectivity index (χ0v) is 10.7. The van der Waals surface area contributed by atoms with Crippen LogP contribution < -0.4 is 4.74 Å². The van der Waals surface area contributed by atoms with Gasteiger partial charge in [0.15, 0.2) is 0 Å². The lowest BCUT2D eigenvalue weighted by Crippen LogP contribution is -2.01. The Morgan fingerprint density at radius 2 is 2.15 bits per heavy atom. The third-order valence-electron chi connectivity index (χ3n) is 2.57. The number of hydrogen-bond acceptors (Lipinski definition) is 4. The Hall–Kier alpha value is -2.44. The molecule has 0 bridgehead atoms. The molecular formula is C13H11F2NO4. The monoisotopic (exact) mass is 283 g/mol. The molecule has 1 N–H and O–H groups in total. The van der Waals surface area contributed by atoms with Gasteiger partial charge < -0.3 is 14.3 Å². The number of benzene rings is 1. The number of aromatic nitrogens is 1. The summed E-state index contributed by atoms with van der Waals surface area (Å²) < 4.78 is 37.6. The average molecular weight is 283 g/mol. The van der Waals surface area contributed by atoms with Gasteiger partial charge >= 0.3 is 11.9 Å². The van der Waals surface area contributed by atoms with Gasteiger partial charge in [0, 0.05) is 0 Å². The summed E-state index contributed by atoms with van der Waals surface area (Å²) in [5, 5.41) is 8.96. The van der Waals surface area contributed by atoms with Crippen molar-refractivity contribution in [2.45, 2.75) is 13.8 Å². The minimum absolute atomic E-state index is 0.133. The van der Waals surface area contributed by atoms with E-state index in [4.69, 9.17) is 14.3 Å². The average Bonchev–Trinajstić information content (AvgIpc) is 2.79. The first-order chi connectivity index (χ1) is 9.45. The van der Waals surface area contributed by atoms with Crippen LogP contribution in [0, 0.1) is 18.6 Å². The van der Waals surface area contributed by atoms with Crippen molar-refractivity contribution in [2.75, 3.05) is 6.61 Å². The number of aromatic carboxylic acids is 1. The molecule has 0 aliphatic carbocycles. The van der Waals surface area contributed by atoms with E-state index in [-0.39, 0.29) is 18.1 Å². The van der Waals surface area contributed by atoms with Crippen LogP contribution in [0.4, 0.5) is 8.78 Å². The minimum atomic E-state index is -1.41. The molecule has 0 aliphatic rings. The number of halogens is 2. The second-order valence-electron chi connectivity index (χ2n) is 3.95. The van der Waals surface area contributed by atoms with Crippen molar-refractivity contribution in [1.29, 1.82) is 0 Å². The molecule has 1 aromatic heterocycles. The highest BCUT2D eigenvalue weighted by molar-refractivity contribution is 5.88. The highest BCUT2D eigenvalue weighted by Gasteiger charge is 2.25. The lowest BCUT2D eigenvalue weighted by molar-refractivity contribution is 0.0683. The first-order valence-corrected chi connectivity index (χ1v) is 5.77. The van der Waals surface area contributed by atoms with E-state index in [2.05, 4.69) is 4.98 Å². The van der Waals surface area contributed by atoms with Crippen LogP contribution >= 0.6 is 0 Å². The van der Waals surface area contributed by atoms with Gasteiger partial charge in [0.25, 0.3) is 0 Å². The number of carboxylic acids is 1. The topological polar surface area (TPSA) is 72.6 Å². The van der Waals surface area contributed by atoms with Crippen LogP contribution in [-0.2, 0) is 0 Å². The second kappa shape index (κ2) is 5.28. The van der Waals surface area contributed by atoms with E-state index < -0.39 is 34.8 Å². The van der Waals surface area contributed by atoms with Crippen molar-refractivity contribution in [3.63, 3.8) is 0 Å². The van der Waals surface area contributed by atoms with E-state index in [9.17, 15) is 13.6 Å². The van der Waals surface area contributed by atoms with Crippen LogP contribution in [0.5, 0.6) is 5.95 Å². The molecule has 20 heavy (non-hydrogen) atoms. The maximum absolute atomic E-state index is 13.9. The highest BCUT2D eigenvalue weighted by Crippen LogP contribution is 2.32. The molecule has 0 atom stereocenters. The van der Waals surface area contributed by atoms with E-state index in [0.717, 1.165) is 6.07 Å². The largest absolute Gasteiger partial charge is 0.476 e. The summed E-state index contributed by atoms with van der Waals surface area (Å²) in [4.78, 5) is 14.6. The number of carbonyl (C=O) groups is 1. The van der Waals surface area contributed by atoms with E-state index in [1.54, 1.807) is 6.92 Å². The van der Waals surface area contributed by atoms with Gasteiger partial charge in [-0.25, -0.2) is 13.6 Å². The van der Waals surface area contributed by atoms with Crippen molar-refractivity contribution in [1.82, 2.24) is 4.98 Å². The van der Waals surface area contributed by atoms with Crippen LogP contribution in [0.2, 0.25) is 0 Å². The fourth-order valence-corrected chi connectivity index (χ4v) is 1.63. The molecule has 1 aromatic carbocycles. The van der Waals surface area contributed by atoms with E-state index >= 15 is 0 Å². The first-order valence-electron chi connectivity index (χ1n) is 5.77. The lowest BCUT2D eigenvalue weighted by atomic mass is 10.1. The zero-order chi connectivity index (χ0) is 14.9. The normalized spacial score (nSPS) is 10.6. The van der Waals surface area contributed by atoms with Crippen molar-refractivity contribution in [3.05, 3.63) is 35.0 Å².